The summed E-state index contributed by atoms with van der Waals surface area (Å²) >= 11 is 1.64. The third kappa shape index (κ3) is 5.78. The highest BCUT2D eigenvalue weighted by atomic mass is 32.1. The van der Waals surface area contributed by atoms with Crippen LogP contribution in [0.5, 0.6) is 0 Å². The van der Waals surface area contributed by atoms with E-state index in [1.54, 1.807) is 18.4 Å². The molecule has 1 heterocycles. The van der Waals surface area contributed by atoms with Gasteiger partial charge in [0.05, 0.1) is 12.2 Å². The van der Waals surface area contributed by atoms with Gasteiger partial charge in [0.1, 0.15) is 11.1 Å². The molecule has 0 saturated carbocycles. The smallest absolute Gasteiger partial charge is 0.193 e. The summed E-state index contributed by atoms with van der Waals surface area (Å²) in [4.78, 5) is 11.2. The molecule has 0 fully saturated rings. The number of nitrogens with one attached hydrogen (secondary N) is 1. The van der Waals surface area contributed by atoms with E-state index in [2.05, 4.69) is 58.5 Å². The van der Waals surface area contributed by atoms with Crippen LogP contribution in [0, 0.1) is 20.8 Å². The Morgan fingerprint density at radius 2 is 1.96 bits per heavy atom. The van der Waals surface area contributed by atoms with Crippen molar-refractivity contribution in [2.24, 2.45) is 4.99 Å². The number of aryl methyl sites for hydroxylation is 3. The fourth-order valence-corrected chi connectivity index (χ4v) is 4.13. The molecule has 0 radical (unpaired) electrons. The zero-order chi connectivity index (χ0) is 20.0. The van der Waals surface area contributed by atoms with E-state index in [1.807, 2.05) is 21.0 Å². The highest BCUT2D eigenvalue weighted by Crippen LogP contribution is 2.21. The first-order valence-electron chi connectivity index (χ1n) is 9.31. The molecule has 1 N–H and O–H groups in total. The van der Waals surface area contributed by atoms with Crippen molar-refractivity contribution >= 4 is 17.3 Å². The Morgan fingerprint density at radius 1 is 1.30 bits per heavy atom. The Balaban J connectivity index is 1.92. The second-order valence-electron chi connectivity index (χ2n) is 7.01. The standard InChI is InChI=1S/C21H32N4OS/c1-14-10-15(2)19(16(3)11-14)8-9-23-21(22-5)25(6)12-18-13-27-20(24-18)17(4)26-7/h10-11,13,17H,8-9,12H2,1-7H3,(H,22,23). The normalized spacial score (nSPS) is 12.9. The Labute approximate surface area is 167 Å². The monoisotopic (exact) mass is 388 g/mol. The summed E-state index contributed by atoms with van der Waals surface area (Å²) in [6.07, 6.45) is 1.02. The number of benzene rings is 1. The summed E-state index contributed by atoms with van der Waals surface area (Å²) in [6.45, 7) is 10.1. The molecule has 0 bridgehead atoms. The van der Waals surface area contributed by atoms with E-state index in [-0.39, 0.29) is 6.10 Å². The van der Waals surface area contributed by atoms with E-state index in [4.69, 9.17) is 4.74 Å². The van der Waals surface area contributed by atoms with Gasteiger partial charge in [0.2, 0.25) is 0 Å². The van der Waals surface area contributed by atoms with Crippen LogP contribution in [0.25, 0.3) is 0 Å². The van der Waals surface area contributed by atoms with Crippen molar-refractivity contribution in [3.63, 3.8) is 0 Å². The first-order chi connectivity index (χ1) is 12.8. The first kappa shape index (κ1) is 21.4. The highest BCUT2D eigenvalue weighted by Gasteiger charge is 2.13. The molecule has 0 amide bonds. The molecule has 5 nitrogen and oxygen atoms in total. The van der Waals surface area contributed by atoms with Crippen molar-refractivity contribution in [1.29, 1.82) is 0 Å². The van der Waals surface area contributed by atoms with Crippen LogP contribution in [-0.2, 0) is 17.7 Å². The molecular weight excluding hydrogens is 356 g/mol. The Kier molecular flexibility index (Phi) is 7.80. The van der Waals surface area contributed by atoms with Crippen LogP contribution in [-0.4, -0.2) is 43.6 Å². The predicted octanol–water partition coefficient (Wildman–Crippen LogP) is 4.03. The number of guanidine groups is 1. The summed E-state index contributed by atoms with van der Waals surface area (Å²) in [6, 6.07) is 4.51. The SMILES string of the molecule is CN=C(NCCc1c(C)cc(C)cc1C)N(C)Cc1csc(C(C)OC)n1. The van der Waals surface area contributed by atoms with Crippen LogP contribution in [0.3, 0.4) is 0 Å². The van der Waals surface area contributed by atoms with Gasteiger partial charge in [-0.1, -0.05) is 17.7 Å². The molecule has 1 atom stereocenters. The summed E-state index contributed by atoms with van der Waals surface area (Å²) < 4.78 is 5.34. The molecule has 27 heavy (non-hydrogen) atoms. The minimum atomic E-state index is 0.0347. The molecule has 2 rings (SSSR count). The number of methoxy groups -OCH3 is 1. The van der Waals surface area contributed by atoms with Gasteiger partial charge in [0.25, 0.3) is 0 Å². The molecule has 1 aromatic carbocycles. The van der Waals surface area contributed by atoms with E-state index in [0.717, 1.165) is 36.2 Å². The topological polar surface area (TPSA) is 49.8 Å². The van der Waals surface area contributed by atoms with Gasteiger partial charge in [0, 0.05) is 33.1 Å². The minimum Gasteiger partial charge on any atom is -0.375 e. The van der Waals surface area contributed by atoms with Gasteiger partial charge in [-0.3, -0.25) is 4.99 Å². The van der Waals surface area contributed by atoms with E-state index in [9.17, 15) is 0 Å². The van der Waals surface area contributed by atoms with E-state index < -0.39 is 0 Å². The predicted molar refractivity (Wildman–Crippen MR) is 115 cm³/mol. The Bertz CT molecular complexity index is 761. The molecular formula is C21H32N4OS. The number of hydrogen-bond acceptors (Lipinski definition) is 4. The average molecular weight is 389 g/mol. The van der Waals surface area contributed by atoms with Crippen molar-refractivity contribution in [2.75, 3.05) is 27.7 Å². The van der Waals surface area contributed by atoms with Crippen LogP contribution in [0.2, 0.25) is 0 Å². The van der Waals surface area contributed by atoms with Crippen LogP contribution in [0.1, 0.15) is 46.0 Å². The van der Waals surface area contributed by atoms with Crippen molar-refractivity contribution in [3.05, 3.63) is 50.5 Å². The third-order valence-electron chi connectivity index (χ3n) is 4.74. The lowest BCUT2D eigenvalue weighted by molar-refractivity contribution is 0.119. The van der Waals surface area contributed by atoms with Gasteiger partial charge in [-0.05, 0) is 50.8 Å². The fourth-order valence-electron chi connectivity index (χ4n) is 3.29. The third-order valence-corrected chi connectivity index (χ3v) is 5.80. The van der Waals surface area contributed by atoms with E-state index in [0.29, 0.717) is 0 Å². The zero-order valence-electron chi connectivity index (χ0n) is 17.6. The van der Waals surface area contributed by atoms with Gasteiger partial charge >= 0.3 is 0 Å². The quantitative estimate of drug-likeness (QED) is 0.575. The van der Waals surface area contributed by atoms with Crippen molar-refractivity contribution in [3.8, 4) is 0 Å². The number of aliphatic imine (C=N–C) groups is 1. The number of rotatable bonds is 7. The second-order valence-corrected chi connectivity index (χ2v) is 7.90. The second kappa shape index (κ2) is 9.85. The van der Waals surface area contributed by atoms with E-state index >= 15 is 0 Å². The summed E-state index contributed by atoms with van der Waals surface area (Å²) in [7, 11) is 5.57. The minimum absolute atomic E-state index is 0.0347. The maximum absolute atomic E-state index is 5.34. The van der Waals surface area contributed by atoms with Gasteiger partial charge in [-0.15, -0.1) is 11.3 Å². The molecule has 0 aliphatic rings. The fraction of sp³-hybridized carbons (Fsp3) is 0.524. The highest BCUT2D eigenvalue weighted by molar-refractivity contribution is 7.09. The van der Waals surface area contributed by atoms with E-state index in [1.165, 1.54) is 22.3 Å². The van der Waals surface area contributed by atoms with Crippen molar-refractivity contribution in [2.45, 2.75) is 46.8 Å². The molecule has 6 heteroatoms. The number of thiazole rings is 1. The number of hydrogen-bond donors (Lipinski definition) is 1. The van der Waals surface area contributed by atoms with Gasteiger partial charge < -0.3 is 15.0 Å². The summed E-state index contributed by atoms with van der Waals surface area (Å²) in [5.74, 6) is 0.881. The maximum atomic E-state index is 5.34. The lowest BCUT2D eigenvalue weighted by Crippen LogP contribution is -2.39. The molecule has 0 saturated heterocycles. The molecule has 1 aromatic heterocycles. The van der Waals surface area contributed by atoms with Gasteiger partial charge in [0.15, 0.2) is 5.96 Å². The zero-order valence-corrected chi connectivity index (χ0v) is 18.4. The lowest BCUT2D eigenvalue weighted by Gasteiger charge is -2.21. The van der Waals surface area contributed by atoms with Crippen molar-refractivity contribution in [1.82, 2.24) is 15.2 Å². The van der Waals surface area contributed by atoms with Gasteiger partial charge in [-0.2, -0.15) is 0 Å². The molecule has 0 aliphatic heterocycles. The average Bonchev–Trinajstić information content (AvgIpc) is 3.08. The van der Waals surface area contributed by atoms with Crippen LogP contribution in [0.15, 0.2) is 22.5 Å². The van der Waals surface area contributed by atoms with Crippen LogP contribution < -0.4 is 5.32 Å². The molecule has 0 spiro atoms. The molecule has 1 unspecified atom stereocenters. The van der Waals surface area contributed by atoms with Crippen LogP contribution >= 0.6 is 11.3 Å². The summed E-state index contributed by atoms with van der Waals surface area (Å²) in [5.41, 5.74) is 6.50. The molecule has 148 valence electrons. The van der Waals surface area contributed by atoms with Crippen LogP contribution in [0.4, 0.5) is 0 Å². The molecule has 2 aromatic rings. The van der Waals surface area contributed by atoms with Crippen molar-refractivity contribution < 1.29 is 4.74 Å². The Hall–Kier alpha value is -1.92. The number of aromatic nitrogens is 1. The number of ether oxygens (including phenoxy) is 1. The first-order valence-corrected chi connectivity index (χ1v) is 10.2. The summed E-state index contributed by atoms with van der Waals surface area (Å²) in [5, 5.41) is 6.57. The molecule has 0 aliphatic carbocycles. The lowest BCUT2D eigenvalue weighted by atomic mass is 9.97. The maximum Gasteiger partial charge on any atom is 0.193 e. The van der Waals surface area contributed by atoms with Gasteiger partial charge in [-0.25, -0.2) is 4.98 Å². The number of nitrogens with zero attached hydrogens (tertiary/aromatic N) is 3. The Morgan fingerprint density at radius 3 is 2.56 bits per heavy atom. The largest absolute Gasteiger partial charge is 0.375 e.